The molecular formula is C7H7Cl3N2OS. The van der Waals surface area contributed by atoms with Gasteiger partial charge in [-0.15, -0.1) is 0 Å². The molecule has 0 radical (unpaired) electrons. The largest absolute Gasteiger partial charge is 0.291 e. The summed E-state index contributed by atoms with van der Waals surface area (Å²) >= 11 is 17.6. The molecule has 0 aromatic carbocycles. The number of carbonyl (C=O) groups is 1. The first-order valence-electron chi connectivity index (χ1n) is 3.89. The zero-order valence-electron chi connectivity index (χ0n) is 7.26. The Morgan fingerprint density at radius 1 is 1.50 bits per heavy atom. The molecule has 78 valence electrons. The fourth-order valence-electron chi connectivity index (χ4n) is 0.786. The maximum atomic E-state index is 11.4. The van der Waals surface area contributed by atoms with Crippen LogP contribution in [0.1, 0.15) is 35.4 Å². The molecule has 3 nitrogen and oxygen atoms in total. The van der Waals surface area contributed by atoms with E-state index in [9.17, 15) is 4.79 Å². The van der Waals surface area contributed by atoms with Crippen molar-refractivity contribution in [1.82, 2.24) is 9.36 Å². The van der Waals surface area contributed by atoms with Crippen LogP contribution in [-0.2, 0) is 3.79 Å². The van der Waals surface area contributed by atoms with Gasteiger partial charge in [-0.2, -0.15) is 4.37 Å². The second-order valence-electron chi connectivity index (χ2n) is 2.59. The monoisotopic (exact) mass is 272 g/mol. The average Bonchev–Trinajstić information content (AvgIpc) is 2.51. The third-order valence-electron chi connectivity index (χ3n) is 1.40. The van der Waals surface area contributed by atoms with Gasteiger partial charge in [-0.25, -0.2) is 4.98 Å². The highest BCUT2D eigenvalue weighted by molar-refractivity contribution is 7.07. The molecule has 0 fully saturated rings. The van der Waals surface area contributed by atoms with Gasteiger partial charge in [0.05, 0.1) is 0 Å². The highest BCUT2D eigenvalue weighted by Crippen LogP contribution is 2.36. The van der Waals surface area contributed by atoms with Crippen LogP contribution in [0.15, 0.2) is 0 Å². The van der Waals surface area contributed by atoms with Crippen LogP contribution in [0.4, 0.5) is 0 Å². The van der Waals surface area contributed by atoms with Gasteiger partial charge in [-0.3, -0.25) is 4.79 Å². The molecule has 0 unspecified atom stereocenters. The van der Waals surface area contributed by atoms with Crippen molar-refractivity contribution in [2.24, 2.45) is 0 Å². The van der Waals surface area contributed by atoms with Crippen molar-refractivity contribution >= 4 is 52.1 Å². The molecule has 0 aliphatic rings. The second kappa shape index (κ2) is 4.75. The maximum Gasteiger partial charge on any atom is 0.251 e. The van der Waals surface area contributed by atoms with Crippen LogP contribution in [0, 0.1) is 0 Å². The van der Waals surface area contributed by atoms with Crippen LogP contribution >= 0.6 is 46.3 Å². The van der Waals surface area contributed by atoms with E-state index < -0.39 is 3.79 Å². The van der Waals surface area contributed by atoms with E-state index in [2.05, 4.69) is 9.36 Å². The third-order valence-corrected chi connectivity index (χ3v) is 2.66. The number of hydrogen-bond acceptors (Lipinski definition) is 4. The van der Waals surface area contributed by atoms with Gasteiger partial charge in [-0.1, -0.05) is 41.7 Å². The fourth-order valence-corrected chi connectivity index (χ4v) is 1.87. The molecule has 0 atom stereocenters. The first-order chi connectivity index (χ1) is 6.45. The van der Waals surface area contributed by atoms with Crippen molar-refractivity contribution < 1.29 is 4.79 Å². The number of carbonyl (C=O) groups excluding carboxylic acids is 1. The van der Waals surface area contributed by atoms with Crippen LogP contribution in [-0.4, -0.2) is 15.1 Å². The normalized spacial score (nSPS) is 11.7. The quantitative estimate of drug-likeness (QED) is 0.626. The topological polar surface area (TPSA) is 42.9 Å². The predicted octanol–water partition coefficient (Wildman–Crippen LogP) is 3.35. The Balaban J connectivity index is 2.83. The molecule has 14 heavy (non-hydrogen) atoms. The SMILES string of the molecule is CCCC(=O)c1nc(C(Cl)(Cl)Cl)ns1. The van der Waals surface area contributed by atoms with E-state index >= 15 is 0 Å². The minimum absolute atomic E-state index is 0.0620. The van der Waals surface area contributed by atoms with Crippen LogP contribution in [0.2, 0.25) is 0 Å². The third kappa shape index (κ3) is 3.05. The lowest BCUT2D eigenvalue weighted by Crippen LogP contribution is -2.04. The molecule has 0 spiro atoms. The van der Waals surface area contributed by atoms with Gasteiger partial charge in [0.15, 0.2) is 16.6 Å². The molecule has 1 aromatic rings. The van der Waals surface area contributed by atoms with Crippen LogP contribution in [0.25, 0.3) is 0 Å². The zero-order chi connectivity index (χ0) is 10.8. The molecule has 0 amide bonds. The number of aromatic nitrogens is 2. The van der Waals surface area contributed by atoms with Gasteiger partial charge in [0.2, 0.25) is 0 Å². The number of hydrogen-bond donors (Lipinski definition) is 0. The van der Waals surface area contributed by atoms with Crippen molar-refractivity contribution in [2.75, 3.05) is 0 Å². The predicted molar refractivity (Wildman–Crippen MR) is 58.4 cm³/mol. The zero-order valence-corrected chi connectivity index (χ0v) is 10.3. The Bertz CT molecular complexity index is 334. The molecule has 0 N–H and O–H groups in total. The number of rotatable bonds is 3. The molecule has 0 aliphatic carbocycles. The summed E-state index contributed by atoms with van der Waals surface area (Å²) in [7, 11) is 0. The summed E-state index contributed by atoms with van der Waals surface area (Å²) in [5.41, 5.74) is 0. The maximum absolute atomic E-state index is 11.4. The Morgan fingerprint density at radius 3 is 2.57 bits per heavy atom. The van der Waals surface area contributed by atoms with Crippen molar-refractivity contribution in [3.05, 3.63) is 10.8 Å². The lowest BCUT2D eigenvalue weighted by Gasteiger charge is -2.02. The average molecular weight is 274 g/mol. The molecule has 0 aliphatic heterocycles. The summed E-state index contributed by atoms with van der Waals surface area (Å²) in [6.07, 6.45) is 1.20. The minimum atomic E-state index is -1.65. The van der Waals surface area contributed by atoms with Crippen LogP contribution < -0.4 is 0 Å². The van der Waals surface area contributed by atoms with Crippen molar-refractivity contribution in [1.29, 1.82) is 0 Å². The molecule has 1 rings (SSSR count). The van der Waals surface area contributed by atoms with E-state index in [1.54, 1.807) is 0 Å². The lowest BCUT2D eigenvalue weighted by atomic mass is 10.2. The summed E-state index contributed by atoms with van der Waals surface area (Å²) < 4.78 is 2.15. The van der Waals surface area contributed by atoms with E-state index in [0.29, 0.717) is 11.4 Å². The van der Waals surface area contributed by atoms with Crippen molar-refractivity contribution in [3.8, 4) is 0 Å². The number of Topliss-reactive ketones (excluding diaryl/α,β-unsaturated/α-hetero) is 1. The number of alkyl halides is 3. The molecule has 7 heteroatoms. The highest BCUT2D eigenvalue weighted by atomic mass is 35.6. The van der Waals surface area contributed by atoms with Gasteiger partial charge in [0, 0.05) is 6.42 Å². The highest BCUT2D eigenvalue weighted by Gasteiger charge is 2.29. The molecule has 1 heterocycles. The number of halogens is 3. The van der Waals surface area contributed by atoms with Gasteiger partial charge >= 0.3 is 0 Å². The number of nitrogens with zero attached hydrogens (tertiary/aromatic N) is 2. The molecule has 0 saturated heterocycles. The van der Waals surface area contributed by atoms with Crippen molar-refractivity contribution in [2.45, 2.75) is 23.6 Å². The first-order valence-corrected chi connectivity index (χ1v) is 5.80. The Kier molecular flexibility index (Phi) is 4.13. The summed E-state index contributed by atoms with van der Waals surface area (Å²) in [4.78, 5) is 15.2. The van der Waals surface area contributed by atoms with E-state index in [4.69, 9.17) is 34.8 Å². The first kappa shape index (κ1) is 12.2. The number of ketones is 1. The summed E-state index contributed by atoms with van der Waals surface area (Å²) in [5, 5.41) is 0.299. The van der Waals surface area contributed by atoms with Gasteiger partial charge in [0.1, 0.15) is 0 Å². The second-order valence-corrected chi connectivity index (χ2v) is 5.63. The smallest absolute Gasteiger partial charge is 0.251 e. The Labute approximate surface area is 101 Å². The van der Waals surface area contributed by atoms with Crippen LogP contribution in [0.5, 0.6) is 0 Å². The van der Waals surface area contributed by atoms with Crippen LogP contribution in [0.3, 0.4) is 0 Å². The molecular weight excluding hydrogens is 267 g/mol. The standard InChI is InChI=1S/C7H7Cl3N2OS/c1-2-3-4(13)5-11-6(12-14-5)7(8,9)10/h2-3H2,1H3. The Hall–Kier alpha value is 0.1000. The van der Waals surface area contributed by atoms with Crippen molar-refractivity contribution in [3.63, 3.8) is 0 Å². The Morgan fingerprint density at radius 2 is 2.14 bits per heavy atom. The molecule has 0 bridgehead atoms. The van der Waals surface area contributed by atoms with Gasteiger partial charge in [0.25, 0.3) is 3.79 Å². The lowest BCUT2D eigenvalue weighted by molar-refractivity contribution is 0.0981. The molecule has 1 aromatic heterocycles. The van der Waals surface area contributed by atoms with E-state index in [0.717, 1.165) is 18.0 Å². The van der Waals surface area contributed by atoms with Gasteiger partial charge < -0.3 is 0 Å². The van der Waals surface area contributed by atoms with E-state index in [-0.39, 0.29) is 11.6 Å². The summed E-state index contributed by atoms with van der Waals surface area (Å²) in [6, 6.07) is 0. The fraction of sp³-hybridized carbons (Fsp3) is 0.571. The van der Waals surface area contributed by atoms with E-state index in [1.165, 1.54) is 0 Å². The minimum Gasteiger partial charge on any atom is -0.291 e. The summed E-state index contributed by atoms with van der Waals surface area (Å²) in [6.45, 7) is 1.91. The van der Waals surface area contributed by atoms with Gasteiger partial charge in [-0.05, 0) is 18.0 Å². The molecule has 0 saturated carbocycles. The summed E-state index contributed by atoms with van der Waals surface area (Å²) in [5.74, 6) is -0.00236. The van der Waals surface area contributed by atoms with E-state index in [1.807, 2.05) is 6.92 Å².